The molecule has 0 aliphatic rings. The second kappa shape index (κ2) is 11.5. The van der Waals surface area contributed by atoms with Crippen LogP contribution in [0.15, 0.2) is 0 Å². The van der Waals surface area contributed by atoms with E-state index in [9.17, 15) is 4.79 Å². The van der Waals surface area contributed by atoms with Crippen LogP contribution in [0.3, 0.4) is 0 Å². The second-order valence-electron chi connectivity index (χ2n) is 5.17. The van der Waals surface area contributed by atoms with E-state index in [1.54, 1.807) is 0 Å². The highest BCUT2D eigenvalue weighted by Gasteiger charge is 2.19. The zero-order chi connectivity index (χ0) is 13.8. The lowest BCUT2D eigenvalue weighted by Gasteiger charge is -2.26. The fraction of sp³-hybridized carbons (Fsp3) is 0.933. The van der Waals surface area contributed by atoms with Gasteiger partial charge >= 0.3 is 5.97 Å². The van der Waals surface area contributed by atoms with E-state index < -0.39 is 5.97 Å². The predicted octanol–water partition coefficient (Wildman–Crippen LogP) is 3.92. The number of carboxylic acids is 1. The van der Waals surface area contributed by atoms with Gasteiger partial charge in [-0.15, -0.1) is 0 Å². The van der Waals surface area contributed by atoms with E-state index in [0.717, 1.165) is 25.9 Å². The number of rotatable bonds is 12. The van der Waals surface area contributed by atoms with Crippen molar-refractivity contribution >= 4 is 5.97 Å². The van der Waals surface area contributed by atoms with E-state index in [1.165, 1.54) is 38.5 Å². The molecule has 0 rings (SSSR count). The van der Waals surface area contributed by atoms with Crippen LogP contribution in [-0.4, -0.2) is 35.1 Å². The molecule has 3 nitrogen and oxygen atoms in total. The first-order valence-corrected chi connectivity index (χ1v) is 7.60. The van der Waals surface area contributed by atoms with Gasteiger partial charge in [0.25, 0.3) is 0 Å². The summed E-state index contributed by atoms with van der Waals surface area (Å²) in [6.45, 7) is 8.06. The summed E-state index contributed by atoms with van der Waals surface area (Å²) in [4.78, 5) is 13.2. The lowest BCUT2D eigenvalue weighted by molar-refractivity contribution is -0.142. The number of carboxylic acid groups (broad SMARTS) is 1. The highest BCUT2D eigenvalue weighted by molar-refractivity contribution is 5.72. The van der Waals surface area contributed by atoms with Crippen molar-refractivity contribution in [3.05, 3.63) is 0 Å². The Labute approximate surface area is 113 Å². The molecule has 0 bridgehead atoms. The van der Waals surface area contributed by atoms with Gasteiger partial charge in [-0.3, -0.25) is 9.69 Å². The molecule has 0 fully saturated rings. The zero-order valence-corrected chi connectivity index (χ0v) is 12.5. The first-order valence-electron chi connectivity index (χ1n) is 7.60. The molecule has 3 heteroatoms. The molecule has 1 atom stereocenters. The molecular weight excluding hydrogens is 226 g/mol. The van der Waals surface area contributed by atoms with Crippen LogP contribution >= 0.6 is 0 Å². The molecule has 0 aliphatic carbocycles. The Bertz CT molecular complexity index is 195. The standard InChI is InChI=1S/C15H31NO2/c1-4-6-8-10-12-16(14(3)15(17)18)13-11-9-7-5-2/h14H,4-13H2,1-3H3,(H,17,18). The number of hydrogen-bond donors (Lipinski definition) is 1. The van der Waals surface area contributed by atoms with E-state index in [2.05, 4.69) is 18.7 Å². The third-order valence-electron chi connectivity index (χ3n) is 3.50. The smallest absolute Gasteiger partial charge is 0.320 e. The van der Waals surface area contributed by atoms with Crippen molar-refractivity contribution in [1.82, 2.24) is 4.90 Å². The lowest BCUT2D eigenvalue weighted by Crippen LogP contribution is -2.40. The molecule has 0 spiro atoms. The summed E-state index contributed by atoms with van der Waals surface area (Å²) < 4.78 is 0. The highest BCUT2D eigenvalue weighted by atomic mass is 16.4. The van der Waals surface area contributed by atoms with Gasteiger partial charge in [0.1, 0.15) is 6.04 Å². The maximum atomic E-state index is 11.1. The molecule has 0 aromatic rings. The first-order chi connectivity index (χ1) is 8.63. The fourth-order valence-electron chi connectivity index (χ4n) is 2.14. The Morgan fingerprint density at radius 2 is 1.39 bits per heavy atom. The number of aliphatic carboxylic acids is 1. The van der Waals surface area contributed by atoms with Crippen molar-refractivity contribution in [1.29, 1.82) is 0 Å². The van der Waals surface area contributed by atoms with E-state index in [1.807, 2.05) is 6.92 Å². The van der Waals surface area contributed by atoms with Crippen molar-refractivity contribution in [2.45, 2.75) is 78.2 Å². The zero-order valence-electron chi connectivity index (χ0n) is 12.5. The van der Waals surface area contributed by atoms with Gasteiger partial charge in [-0.2, -0.15) is 0 Å². The van der Waals surface area contributed by atoms with Gasteiger partial charge in [-0.05, 0) is 32.9 Å². The Morgan fingerprint density at radius 1 is 0.944 bits per heavy atom. The number of carbonyl (C=O) groups is 1. The van der Waals surface area contributed by atoms with Crippen LogP contribution < -0.4 is 0 Å². The molecule has 108 valence electrons. The van der Waals surface area contributed by atoms with Gasteiger partial charge < -0.3 is 5.11 Å². The predicted molar refractivity (Wildman–Crippen MR) is 77.0 cm³/mol. The Hall–Kier alpha value is -0.570. The van der Waals surface area contributed by atoms with Crippen LogP contribution in [0.4, 0.5) is 0 Å². The summed E-state index contributed by atoms with van der Waals surface area (Å²) in [5.41, 5.74) is 0. The molecule has 0 heterocycles. The summed E-state index contributed by atoms with van der Waals surface area (Å²) in [6, 6.07) is -0.340. The third kappa shape index (κ3) is 8.51. The Kier molecular flexibility index (Phi) is 11.2. The van der Waals surface area contributed by atoms with E-state index in [-0.39, 0.29) is 6.04 Å². The monoisotopic (exact) mass is 257 g/mol. The van der Waals surface area contributed by atoms with Gasteiger partial charge in [-0.25, -0.2) is 0 Å². The summed E-state index contributed by atoms with van der Waals surface area (Å²) in [5.74, 6) is -0.694. The molecular formula is C15H31NO2. The van der Waals surface area contributed by atoms with Gasteiger partial charge in [0, 0.05) is 0 Å². The number of nitrogens with zero attached hydrogens (tertiary/aromatic N) is 1. The largest absolute Gasteiger partial charge is 0.480 e. The summed E-state index contributed by atoms with van der Waals surface area (Å²) in [7, 11) is 0. The Balaban J connectivity index is 3.96. The van der Waals surface area contributed by atoms with Gasteiger partial charge in [0.15, 0.2) is 0 Å². The van der Waals surface area contributed by atoms with Gasteiger partial charge in [-0.1, -0.05) is 52.4 Å². The first kappa shape index (κ1) is 17.4. The quantitative estimate of drug-likeness (QED) is 0.539. The van der Waals surface area contributed by atoms with Crippen molar-refractivity contribution in [3.8, 4) is 0 Å². The molecule has 0 aromatic carbocycles. The molecule has 0 amide bonds. The molecule has 1 N–H and O–H groups in total. The maximum Gasteiger partial charge on any atom is 0.320 e. The minimum Gasteiger partial charge on any atom is -0.480 e. The van der Waals surface area contributed by atoms with E-state index in [4.69, 9.17) is 5.11 Å². The molecule has 1 unspecified atom stereocenters. The summed E-state index contributed by atoms with van der Waals surface area (Å²) in [6.07, 6.45) is 9.65. The Morgan fingerprint density at radius 3 is 1.72 bits per heavy atom. The van der Waals surface area contributed by atoms with Crippen LogP contribution in [0.5, 0.6) is 0 Å². The normalized spacial score (nSPS) is 12.9. The van der Waals surface area contributed by atoms with Crippen LogP contribution in [0.1, 0.15) is 72.1 Å². The minimum absolute atomic E-state index is 0.340. The van der Waals surface area contributed by atoms with E-state index in [0.29, 0.717) is 0 Å². The van der Waals surface area contributed by atoms with Gasteiger partial charge in [0.05, 0.1) is 0 Å². The fourth-order valence-corrected chi connectivity index (χ4v) is 2.14. The SMILES string of the molecule is CCCCCCN(CCCCCC)C(C)C(=O)O. The van der Waals surface area contributed by atoms with Crippen LogP contribution in [-0.2, 0) is 4.79 Å². The van der Waals surface area contributed by atoms with Crippen LogP contribution in [0.2, 0.25) is 0 Å². The topological polar surface area (TPSA) is 40.5 Å². The molecule has 18 heavy (non-hydrogen) atoms. The maximum absolute atomic E-state index is 11.1. The molecule has 0 saturated carbocycles. The number of hydrogen-bond acceptors (Lipinski definition) is 2. The van der Waals surface area contributed by atoms with E-state index >= 15 is 0 Å². The van der Waals surface area contributed by atoms with Crippen molar-refractivity contribution in [2.24, 2.45) is 0 Å². The third-order valence-corrected chi connectivity index (χ3v) is 3.50. The van der Waals surface area contributed by atoms with Crippen molar-refractivity contribution in [3.63, 3.8) is 0 Å². The average molecular weight is 257 g/mol. The van der Waals surface area contributed by atoms with Crippen LogP contribution in [0.25, 0.3) is 0 Å². The minimum atomic E-state index is -0.694. The van der Waals surface area contributed by atoms with Crippen molar-refractivity contribution in [2.75, 3.05) is 13.1 Å². The second-order valence-corrected chi connectivity index (χ2v) is 5.17. The molecule has 0 saturated heterocycles. The highest BCUT2D eigenvalue weighted by Crippen LogP contribution is 2.08. The molecule has 0 radical (unpaired) electrons. The van der Waals surface area contributed by atoms with Crippen molar-refractivity contribution < 1.29 is 9.90 Å². The average Bonchev–Trinajstić information content (AvgIpc) is 2.36. The lowest BCUT2D eigenvalue weighted by atomic mass is 10.1. The summed E-state index contributed by atoms with van der Waals surface area (Å²) >= 11 is 0. The number of unbranched alkanes of at least 4 members (excludes halogenated alkanes) is 6. The van der Waals surface area contributed by atoms with Crippen LogP contribution in [0, 0.1) is 0 Å². The molecule has 0 aromatic heterocycles. The molecule has 0 aliphatic heterocycles. The van der Waals surface area contributed by atoms with Gasteiger partial charge in [0.2, 0.25) is 0 Å². The summed E-state index contributed by atoms with van der Waals surface area (Å²) in [5, 5.41) is 9.12.